The zero-order chi connectivity index (χ0) is 14.7. The van der Waals surface area contributed by atoms with E-state index in [0.717, 1.165) is 25.7 Å². The highest BCUT2D eigenvalue weighted by atomic mass is 32.2. The van der Waals surface area contributed by atoms with Crippen LogP contribution in [0.1, 0.15) is 32.1 Å². The van der Waals surface area contributed by atoms with Crippen molar-refractivity contribution >= 4 is 11.8 Å². The highest BCUT2D eigenvalue weighted by Crippen LogP contribution is 2.33. The molecule has 0 amide bonds. The molecule has 0 unspecified atom stereocenters. The average molecular weight is 307 g/mol. The molecule has 6 heteroatoms. The summed E-state index contributed by atoms with van der Waals surface area (Å²) in [6, 6.07) is 6.47. The number of hydrogen-bond donors (Lipinski definition) is 2. The lowest BCUT2D eigenvalue weighted by Crippen LogP contribution is -2.34. The van der Waals surface area contributed by atoms with Gasteiger partial charge in [-0.3, -0.25) is 5.10 Å². The summed E-state index contributed by atoms with van der Waals surface area (Å²) in [6.45, 7) is 0. The second-order valence-electron chi connectivity index (χ2n) is 5.52. The summed E-state index contributed by atoms with van der Waals surface area (Å²) in [5.74, 6) is 0.684. The summed E-state index contributed by atoms with van der Waals surface area (Å²) in [5.41, 5.74) is -0.199. The fraction of sp³-hybridized carbons (Fsp3) is 0.467. The van der Waals surface area contributed by atoms with Crippen LogP contribution < -0.4 is 0 Å². The monoisotopic (exact) mass is 307 g/mol. The Bertz CT molecular complexity index is 610. The minimum atomic E-state index is -0.609. The van der Waals surface area contributed by atoms with Gasteiger partial charge in [0, 0.05) is 5.75 Å². The summed E-state index contributed by atoms with van der Waals surface area (Å²) >= 11 is 1.42. The molecular weight excluding hydrogens is 289 g/mol. The molecule has 112 valence electrons. The van der Waals surface area contributed by atoms with Crippen molar-refractivity contribution < 1.29 is 9.50 Å². The van der Waals surface area contributed by atoms with Crippen LogP contribution in [0.3, 0.4) is 0 Å². The Labute approximate surface area is 127 Å². The number of aromatic amines is 1. The van der Waals surface area contributed by atoms with Gasteiger partial charge in [0.15, 0.2) is 5.82 Å². The Morgan fingerprint density at radius 1 is 1.24 bits per heavy atom. The number of benzene rings is 1. The van der Waals surface area contributed by atoms with E-state index in [1.807, 2.05) is 0 Å². The molecule has 0 saturated heterocycles. The molecule has 2 N–H and O–H groups in total. The van der Waals surface area contributed by atoms with Gasteiger partial charge in [0.1, 0.15) is 5.82 Å². The van der Waals surface area contributed by atoms with E-state index < -0.39 is 5.60 Å². The Morgan fingerprint density at radius 3 is 2.76 bits per heavy atom. The van der Waals surface area contributed by atoms with Crippen LogP contribution >= 0.6 is 11.8 Å². The predicted octanol–water partition coefficient (Wildman–Crippen LogP) is 3.40. The van der Waals surface area contributed by atoms with E-state index in [4.69, 9.17) is 0 Å². The molecule has 1 heterocycles. The summed E-state index contributed by atoms with van der Waals surface area (Å²) in [6.07, 6.45) is 5.03. The lowest BCUT2D eigenvalue weighted by Gasteiger charge is -2.31. The van der Waals surface area contributed by atoms with Gasteiger partial charge in [-0.05, 0) is 25.0 Å². The SMILES string of the molecule is OC1(CSc2n[nH]c(-c3ccccc3F)n2)CCCCC1. The molecule has 21 heavy (non-hydrogen) atoms. The van der Waals surface area contributed by atoms with Crippen molar-refractivity contribution in [1.82, 2.24) is 15.2 Å². The Balaban J connectivity index is 1.67. The number of thioether (sulfide) groups is 1. The average Bonchev–Trinajstić information content (AvgIpc) is 2.95. The molecule has 1 aliphatic carbocycles. The molecule has 1 aromatic heterocycles. The van der Waals surface area contributed by atoms with Gasteiger partial charge in [-0.25, -0.2) is 9.37 Å². The standard InChI is InChI=1S/C15H18FN3OS/c16-12-7-3-2-6-11(12)13-17-14(19-18-13)21-10-15(20)8-4-1-5-9-15/h2-3,6-7,20H,1,4-5,8-10H2,(H,17,18,19). The molecule has 0 spiro atoms. The number of aliphatic hydroxyl groups is 1. The molecule has 1 aromatic carbocycles. The van der Waals surface area contributed by atoms with E-state index in [1.165, 1.54) is 24.2 Å². The molecule has 4 nitrogen and oxygen atoms in total. The van der Waals surface area contributed by atoms with E-state index in [2.05, 4.69) is 15.2 Å². The highest BCUT2D eigenvalue weighted by molar-refractivity contribution is 7.99. The van der Waals surface area contributed by atoms with Gasteiger partial charge in [-0.15, -0.1) is 5.10 Å². The third kappa shape index (κ3) is 3.44. The zero-order valence-electron chi connectivity index (χ0n) is 11.7. The number of halogens is 1. The fourth-order valence-corrected chi connectivity index (χ4v) is 3.59. The van der Waals surface area contributed by atoms with Gasteiger partial charge in [0.2, 0.25) is 5.16 Å². The maximum absolute atomic E-state index is 13.7. The zero-order valence-corrected chi connectivity index (χ0v) is 12.5. The van der Waals surface area contributed by atoms with Crippen molar-refractivity contribution in [3.8, 4) is 11.4 Å². The number of nitrogens with zero attached hydrogens (tertiary/aromatic N) is 2. The normalized spacial score (nSPS) is 17.8. The van der Waals surface area contributed by atoms with Crippen LogP contribution in [0.25, 0.3) is 11.4 Å². The lowest BCUT2D eigenvalue weighted by atomic mass is 9.86. The number of nitrogens with one attached hydrogen (secondary N) is 1. The van der Waals surface area contributed by atoms with Gasteiger partial charge in [0.05, 0.1) is 11.2 Å². The molecule has 1 fully saturated rings. The molecule has 1 aliphatic rings. The summed E-state index contributed by atoms with van der Waals surface area (Å²) < 4.78 is 13.7. The number of H-pyrrole nitrogens is 1. The smallest absolute Gasteiger partial charge is 0.208 e. The van der Waals surface area contributed by atoms with Gasteiger partial charge in [-0.1, -0.05) is 43.2 Å². The topological polar surface area (TPSA) is 61.8 Å². The van der Waals surface area contributed by atoms with Crippen LogP contribution in [0, 0.1) is 5.82 Å². The largest absolute Gasteiger partial charge is 0.389 e. The Hall–Kier alpha value is -1.40. The van der Waals surface area contributed by atoms with E-state index >= 15 is 0 Å². The van der Waals surface area contributed by atoms with E-state index in [1.54, 1.807) is 18.2 Å². The fourth-order valence-electron chi connectivity index (χ4n) is 2.64. The van der Waals surface area contributed by atoms with Crippen LogP contribution in [-0.2, 0) is 0 Å². The van der Waals surface area contributed by atoms with Crippen molar-refractivity contribution in [2.75, 3.05) is 5.75 Å². The molecule has 3 rings (SSSR count). The van der Waals surface area contributed by atoms with Crippen molar-refractivity contribution in [2.24, 2.45) is 0 Å². The minimum Gasteiger partial charge on any atom is -0.389 e. The molecule has 0 bridgehead atoms. The van der Waals surface area contributed by atoms with Crippen LogP contribution in [0.15, 0.2) is 29.4 Å². The third-order valence-electron chi connectivity index (χ3n) is 3.85. The Kier molecular flexibility index (Phi) is 4.26. The summed E-state index contributed by atoms with van der Waals surface area (Å²) in [4.78, 5) is 4.30. The molecular formula is C15H18FN3OS. The first-order valence-electron chi connectivity index (χ1n) is 7.19. The molecule has 1 saturated carbocycles. The maximum atomic E-state index is 13.7. The third-order valence-corrected chi connectivity index (χ3v) is 4.97. The number of hydrogen-bond acceptors (Lipinski definition) is 4. The second kappa shape index (κ2) is 6.15. The predicted molar refractivity (Wildman–Crippen MR) is 80.5 cm³/mol. The number of aromatic nitrogens is 3. The van der Waals surface area contributed by atoms with Gasteiger partial charge >= 0.3 is 0 Å². The van der Waals surface area contributed by atoms with Crippen molar-refractivity contribution in [1.29, 1.82) is 0 Å². The van der Waals surface area contributed by atoms with Gasteiger partial charge in [0.25, 0.3) is 0 Å². The highest BCUT2D eigenvalue weighted by Gasteiger charge is 2.29. The minimum absolute atomic E-state index is 0.323. The molecule has 2 aromatic rings. The number of rotatable bonds is 4. The first-order chi connectivity index (χ1) is 10.2. The second-order valence-corrected chi connectivity index (χ2v) is 6.46. The van der Waals surface area contributed by atoms with Gasteiger partial charge in [-0.2, -0.15) is 0 Å². The van der Waals surface area contributed by atoms with Crippen molar-refractivity contribution in [3.63, 3.8) is 0 Å². The van der Waals surface area contributed by atoms with Crippen molar-refractivity contribution in [3.05, 3.63) is 30.1 Å². The van der Waals surface area contributed by atoms with Crippen LogP contribution in [0.4, 0.5) is 4.39 Å². The van der Waals surface area contributed by atoms with E-state index in [0.29, 0.717) is 22.3 Å². The first kappa shape index (κ1) is 14.5. The van der Waals surface area contributed by atoms with Crippen LogP contribution in [0.2, 0.25) is 0 Å². The molecule has 0 aliphatic heterocycles. The van der Waals surface area contributed by atoms with Crippen LogP contribution in [-0.4, -0.2) is 31.6 Å². The van der Waals surface area contributed by atoms with E-state index in [-0.39, 0.29) is 5.82 Å². The summed E-state index contributed by atoms with van der Waals surface area (Å²) in [7, 11) is 0. The van der Waals surface area contributed by atoms with Gasteiger partial charge < -0.3 is 5.11 Å². The lowest BCUT2D eigenvalue weighted by molar-refractivity contribution is 0.0272. The summed E-state index contributed by atoms with van der Waals surface area (Å²) in [5, 5.41) is 17.9. The van der Waals surface area contributed by atoms with Crippen molar-refractivity contribution in [2.45, 2.75) is 42.9 Å². The maximum Gasteiger partial charge on any atom is 0.208 e. The van der Waals surface area contributed by atoms with E-state index in [9.17, 15) is 9.50 Å². The molecule has 0 radical (unpaired) electrons. The van der Waals surface area contributed by atoms with Crippen LogP contribution in [0.5, 0.6) is 0 Å². The first-order valence-corrected chi connectivity index (χ1v) is 8.17. The Morgan fingerprint density at radius 2 is 2.00 bits per heavy atom. The molecule has 0 atom stereocenters. The quantitative estimate of drug-likeness (QED) is 0.850.